The van der Waals surface area contributed by atoms with Crippen molar-refractivity contribution in [3.05, 3.63) is 69.1 Å². The van der Waals surface area contributed by atoms with E-state index in [2.05, 4.69) is 9.97 Å². The number of phenols is 1. The third kappa shape index (κ3) is 3.81. The maximum absolute atomic E-state index is 14.0. The Bertz CT molecular complexity index is 1270. The highest BCUT2D eigenvalue weighted by atomic mass is 32.1. The van der Waals surface area contributed by atoms with E-state index >= 15 is 0 Å². The van der Waals surface area contributed by atoms with Crippen LogP contribution in [-0.2, 0) is 0 Å². The number of thiazole rings is 1. The standard InChI is InChI=1S/C20H15F2N3O3S/c21-4-1-7-28-16-9-12(8-14(22)18(16)26)10-17-19(27)25-11-15(24-20(25)29-17)13-2-5-23-6-3-13/h2-3,5-6,8-11,26H,1,4,7H2. The quantitative estimate of drug-likeness (QED) is 0.490. The van der Waals surface area contributed by atoms with Gasteiger partial charge >= 0.3 is 0 Å². The second-order valence-corrected chi connectivity index (χ2v) is 7.18. The molecule has 0 atom stereocenters. The van der Waals surface area contributed by atoms with Crippen LogP contribution in [0, 0.1) is 5.82 Å². The molecule has 0 spiro atoms. The lowest BCUT2D eigenvalue weighted by molar-refractivity contribution is 0.272. The molecule has 1 aromatic carbocycles. The van der Waals surface area contributed by atoms with Gasteiger partial charge in [0.05, 0.1) is 23.5 Å². The van der Waals surface area contributed by atoms with Crippen molar-refractivity contribution in [2.45, 2.75) is 6.42 Å². The molecule has 6 nitrogen and oxygen atoms in total. The second-order valence-electron chi connectivity index (χ2n) is 6.17. The lowest BCUT2D eigenvalue weighted by Gasteiger charge is -2.08. The summed E-state index contributed by atoms with van der Waals surface area (Å²) >= 11 is 1.16. The number of pyridine rings is 1. The van der Waals surface area contributed by atoms with Gasteiger partial charge in [0.15, 0.2) is 22.3 Å². The zero-order valence-electron chi connectivity index (χ0n) is 15.0. The number of aromatic nitrogens is 3. The van der Waals surface area contributed by atoms with E-state index in [-0.39, 0.29) is 24.3 Å². The first kappa shape index (κ1) is 19.0. The van der Waals surface area contributed by atoms with Crippen LogP contribution in [0.3, 0.4) is 0 Å². The van der Waals surface area contributed by atoms with Crippen LogP contribution in [0.25, 0.3) is 22.3 Å². The largest absolute Gasteiger partial charge is 0.502 e. The van der Waals surface area contributed by atoms with Crippen LogP contribution >= 0.6 is 11.3 Å². The van der Waals surface area contributed by atoms with Crippen molar-refractivity contribution in [2.24, 2.45) is 0 Å². The zero-order chi connectivity index (χ0) is 20.4. The highest BCUT2D eigenvalue weighted by Crippen LogP contribution is 2.31. The smallest absolute Gasteiger partial charge is 0.274 e. The molecule has 0 aliphatic heterocycles. The molecule has 3 heterocycles. The number of imidazole rings is 1. The first-order chi connectivity index (χ1) is 14.1. The summed E-state index contributed by atoms with van der Waals surface area (Å²) < 4.78 is 33.3. The molecule has 0 aliphatic rings. The number of hydrogen-bond acceptors (Lipinski definition) is 6. The summed E-state index contributed by atoms with van der Waals surface area (Å²) in [6, 6.07) is 6.10. The van der Waals surface area contributed by atoms with Crippen LogP contribution in [0.1, 0.15) is 12.0 Å². The number of aromatic hydroxyl groups is 1. The lowest BCUT2D eigenvalue weighted by Crippen LogP contribution is -2.22. The van der Waals surface area contributed by atoms with Crippen molar-refractivity contribution < 1.29 is 18.6 Å². The summed E-state index contributed by atoms with van der Waals surface area (Å²) in [5.74, 6) is -1.63. The molecule has 0 unspecified atom stereocenters. The number of rotatable bonds is 6. The highest BCUT2D eigenvalue weighted by molar-refractivity contribution is 7.15. The monoisotopic (exact) mass is 415 g/mol. The topological polar surface area (TPSA) is 76.7 Å². The lowest BCUT2D eigenvalue weighted by atomic mass is 10.2. The normalized spacial score (nSPS) is 12.0. The van der Waals surface area contributed by atoms with Crippen LogP contribution in [0.5, 0.6) is 11.5 Å². The van der Waals surface area contributed by atoms with Gasteiger partial charge in [0.2, 0.25) is 0 Å². The molecule has 4 rings (SSSR count). The van der Waals surface area contributed by atoms with Crippen LogP contribution in [-0.4, -0.2) is 32.8 Å². The fourth-order valence-corrected chi connectivity index (χ4v) is 3.72. The van der Waals surface area contributed by atoms with Gasteiger partial charge in [0.1, 0.15) is 0 Å². The summed E-state index contributed by atoms with van der Waals surface area (Å²) in [7, 11) is 0. The first-order valence-electron chi connectivity index (χ1n) is 8.72. The summed E-state index contributed by atoms with van der Waals surface area (Å²) in [6.45, 7) is -0.574. The number of benzene rings is 1. The Balaban J connectivity index is 1.72. The van der Waals surface area contributed by atoms with Gasteiger partial charge < -0.3 is 9.84 Å². The molecule has 4 aromatic rings. The molecule has 0 radical (unpaired) electrons. The second kappa shape index (κ2) is 7.96. The Kier molecular flexibility index (Phi) is 5.22. The van der Waals surface area contributed by atoms with Gasteiger partial charge in [-0.15, -0.1) is 0 Å². The zero-order valence-corrected chi connectivity index (χ0v) is 15.8. The van der Waals surface area contributed by atoms with E-state index in [0.29, 0.717) is 20.8 Å². The molecule has 0 aliphatic carbocycles. The van der Waals surface area contributed by atoms with Crippen molar-refractivity contribution in [2.75, 3.05) is 13.3 Å². The third-order valence-electron chi connectivity index (χ3n) is 4.16. The molecule has 9 heteroatoms. The fraction of sp³-hybridized carbons (Fsp3) is 0.150. The molecule has 0 saturated heterocycles. The maximum Gasteiger partial charge on any atom is 0.274 e. The van der Waals surface area contributed by atoms with Crippen LogP contribution in [0.2, 0.25) is 0 Å². The highest BCUT2D eigenvalue weighted by Gasteiger charge is 2.13. The number of hydrogen-bond donors (Lipinski definition) is 1. The summed E-state index contributed by atoms with van der Waals surface area (Å²) in [5, 5.41) is 9.78. The summed E-state index contributed by atoms with van der Waals surface area (Å²) in [4.78, 5) is 21.6. The molecule has 0 bridgehead atoms. The maximum atomic E-state index is 14.0. The van der Waals surface area contributed by atoms with Crippen LogP contribution in [0.4, 0.5) is 8.78 Å². The predicted octanol–water partition coefficient (Wildman–Crippen LogP) is 2.95. The third-order valence-corrected chi connectivity index (χ3v) is 5.15. The summed E-state index contributed by atoms with van der Waals surface area (Å²) in [6.07, 6.45) is 6.56. The molecular formula is C20H15F2N3O3S. The Morgan fingerprint density at radius 2 is 2.07 bits per heavy atom. The predicted molar refractivity (Wildman–Crippen MR) is 106 cm³/mol. The molecule has 1 N–H and O–H groups in total. The van der Waals surface area contributed by atoms with E-state index in [0.717, 1.165) is 23.0 Å². The van der Waals surface area contributed by atoms with Gasteiger partial charge in [-0.05, 0) is 35.9 Å². The van der Waals surface area contributed by atoms with Gasteiger partial charge in [-0.1, -0.05) is 11.3 Å². The van der Waals surface area contributed by atoms with Crippen LogP contribution < -0.4 is 14.8 Å². The number of ether oxygens (including phenoxy) is 1. The number of fused-ring (bicyclic) bond motifs is 1. The molecular weight excluding hydrogens is 400 g/mol. The molecule has 3 aromatic heterocycles. The van der Waals surface area contributed by atoms with Gasteiger partial charge in [-0.2, -0.15) is 0 Å². The molecule has 0 amide bonds. The number of nitrogens with zero attached hydrogens (tertiary/aromatic N) is 3. The Morgan fingerprint density at radius 1 is 1.28 bits per heavy atom. The van der Waals surface area contributed by atoms with E-state index in [1.165, 1.54) is 16.5 Å². The van der Waals surface area contributed by atoms with Crippen LogP contribution in [0.15, 0.2) is 47.7 Å². The van der Waals surface area contributed by atoms with Crippen molar-refractivity contribution >= 4 is 22.4 Å². The van der Waals surface area contributed by atoms with Gasteiger partial charge in [0, 0.05) is 30.6 Å². The van der Waals surface area contributed by atoms with Crippen molar-refractivity contribution in [3.8, 4) is 22.8 Å². The SMILES string of the molecule is O=c1c(=Cc2cc(F)c(O)c(OCCCF)c2)sc2nc(-c3ccncc3)cn12. The minimum absolute atomic E-state index is 0.00433. The number of alkyl halides is 1. The number of phenolic OH excluding ortho intramolecular Hbond substituents is 1. The van der Waals surface area contributed by atoms with Crippen molar-refractivity contribution in [1.29, 1.82) is 0 Å². The van der Waals surface area contributed by atoms with Gasteiger partial charge in [0.25, 0.3) is 5.56 Å². The average Bonchev–Trinajstić information content (AvgIpc) is 3.26. The molecule has 148 valence electrons. The van der Waals surface area contributed by atoms with Crippen molar-refractivity contribution in [1.82, 2.24) is 14.4 Å². The van der Waals surface area contributed by atoms with E-state index in [1.807, 2.05) is 0 Å². The van der Waals surface area contributed by atoms with Gasteiger partial charge in [-0.3, -0.25) is 18.6 Å². The summed E-state index contributed by atoms with van der Waals surface area (Å²) in [5.41, 5.74) is 1.55. The van der Waals surface area contributed by atoms with E-state index in [9.17, 15) is 18.7 Å². The Morgan fingerprint density at radius 3 is 2.79 bits per heavy atom. The minimum atomic E-state index is -0.886. The number of halogens is 2. The molecule has 0 saturated carbocycles. The van der Waals surface area contributed by atoms with E-state index in [4.69, 9.17) is 4.74 Å². The average molecular weight is 415 g/mol. The first-order valence-corrected chi connectivity index (χ1v) is 9.54. The van der Waals surface area contributed by atoms with Gasteiger partial charge in [-0.25, -0.2) is 9.37 Å². The fourth-order valence-electron chi connectivity index (χ4n) is 2.77. The van der Waals surface area contributed by atoms with E-state index < -0.39 is 18.2 Å². The Hall–Kier alpha value is -3.33. The van der Waals surface area contributed by atoms with E-state index in [1.54, 1.807) is 30.7 Å². The molecule has 29 heavy (non-hydrogen) atoms. The Labute approximate surface area is 167 Å². The van der Waals surface area contributed by atoms with Crippen molar-refractivity contribution in [3.63, 3.8) is 0 Å². The minimum Gasteiger partial charge on any atom is -0.502 e. The molecule has 0 fully saturated rings.